The zero-order chi connectivity index (χ0) is 28.2. The number of carbonyl (C=O) groups is 1. The minimum absolute atomic E-state index is 0.0856. The molecule has 4 heterocycles. The fraction of sp³-hybridized carbons (Fsp3) is 0.522. The summed E-state index contributed by atoms with van der Waals surface area (Å²) in [6.45, 7) is 1.19. The van der Waals surface area contributed by atoms with Gasteiger partial charge in [0.25, 0.3) is 5.91 Å². The van der Waals surface area contributed by atoms with Crippen molar-refractivity contribution in [3.05, 3.63) is 29.6 Å². The van der Waals surface area contributed by atoms with E-state index in [1.54, 1.807) is 19.1 Å². The van der Waals surface area contributed by atoms with Crippen molar-refractivity contribution in [2.24, 2.45) is 15.9 Å². The lowest BCUT2D eigenvalue weighted by Crippen LogP contribution is -2.41. The van der Waals surface area contributed by atoms with Crippen LogP contribution in [-0.4, -0.2) is 83.4 Å². The Hall–Kier alpha value is -3.27. The number of aromatic nitrogens is 2. The molecule has 16 heteroatoms. The number of aryl methyl sites for hydroxylation is 1. The molecule has 1 atom stereocenters. The Morgan fingerprint density at radius 3 is 2.51 bits per heavy atom. The van der Waals surface area contributed by atoms with Crippen LogP contribution in [0.1, 0.15) is 28.9 Å². The molecule has 0 spiro atoms. The molecule has 1 amide bonds. The molecular formula is C23H25F6N7O2S. The number of aliphatic imine (C=N–C) groups is 2. The van der Waals surface area contributed by atoms with Gasteiger partial charge in [-0.25, -0.2) is 4.98 Å². The van der Waals surface area contributed by atoms with Crippen molar-refractivity contribution in [2.75, 3.05) is 43.4 Å². The molecule has 39 heavy (non-hydrogen) atoms. The Morgan fingerprint density at radius 2 is 1.92 bits per heavy atom. The highest BCUT2D eigenvalue weighted by molar-refractivity contribution is 7.11. The van der Waals surface area contributed by atoms with Gasteiger partial charge in [0.15, 0.2) is 6.04 Å². The minimum atomic E-state index is -4.48. The number of piperidine rings is 1. The fourth-order valence-electron chi connectivity index (χ4n) is 4.03. The van der Waals surface area contributed by atoms with Gasteiger partial charge in [-0.1, -0.05) is 0 Å². The molecule has 0 bridgehead atoms. The number of amides is 1. The lowest BCUT2D eigenvalue weighted by Gasteiger charge is -2.32. The van der Waals surface area contributed by atoms with Gasteiger partial charge in [-0.05, 0) is 56.4 Å². The molecule has 2 aliphatic heterocycles. The number of likely N-dealkylation sites (tertiary alicyclic amines) is 1. The zero-order valence-electron chi connectivity index (χ0n) is 20.6. The van der Waals surface area contributed by atoms with E-state index >= 15 is 0 Å². The third-order valence-electron chi connectivity index (χ3n) is 6.09. The summed E-state index contributed by atoms with van der Waals surface area (Å²) in [7, 11) is 0. The molecule has 2 aliphatic rings. The van der Waals surface area contributed by atoms with E-state index in [0.717, 1.165) is 17.7 Å². The number of hydrogen-bond donors (Lipinski definition) is 2. The molecule has 0 aromatic carbocycles. The number of amidine groups is 1. The van der Waals surface area contributed by atoms with Crippen molar-refractivity contribution in [3.8, 4) is 5.88 Å². The number of alkyl halides is 6. The smallest absolute Gasteiger partial charge is 0.412 e. The summed E-state index contributed by atoms with van der Waals surface area (Å²) in [5.74, 6) is 0.00997. The third kappa shape index (κ3) is 8.11. The van der Waals surface area contributed by atoms with E-state index in [-0.39, 0.29) is 17.3 Å². The number of nitrogens with one attached hydrogen (secondary N) is 2. The van der Waals surface area contributed by atoms with Crippen LogP contribution in [0.25, 0.3) is 0 Å². The monoisotopic (exact) mass is 577 g/mol. The third-order valence-corrected chi connectivity index (χ3v) is 6.95. The first-order valence-corrected chi connectivity index (χ1v) is 12.7. The normalized spacial score (nSPS) is 19.1. The molecule has 2 aromatic heterocycles. The maximum atomic E-state index is 12.9. The summed E-state index contributed by atoms with van der Waals surface area (Å²) >= 11 is 0.959. The van der Waals surface area contributed by atoms with E-state index in [4.69, 9.17) is 4.74 Å². The number of ether oxygens (including phenoxy) is 1. The van der Waals surface area contributed by atoms with Crippen LogP contribution in [0.4, 0.5) is 37.0 Å². The molecule has 0 radical (unpaired) electrons. The fourth-order valence-corrected chi connectivity index (χ4v) is 4.83. The topological polar surface area (TPSA) is 104 Å². The number of nitrogens with zero attached hydrogens (tertiary/aromatic N) is 5. The van der Waals surface area contributed by atoms with Gasteiger partial charge in [0.2, 0.25) is 5.88 Å². The maximum absolute atomic E-state index is 12.9. The number of halogens is 6. The summed E-state index contributed by atoms with van der Waals surface area (Å²) in [6, 6.07) is 1.25. The van der Waals surface area contributed by atoms with Gasteiger partial charge in [-0.3, -0.25) is 19.7 Å². The standard InChI is InChI=1S/C23H25F6N7O2S/c1-13-19(21(39-35-13)34-17-10-30-16(9-31-17)23(27,28)29)20(37)33-15-2-3-18(32-8-15)38-11-14-4-6-36(7-5-14)12-22(24,25)26/h2-3,8,10,14,16H,4-7,9,11-12H2,1H3,(H,31,34)(H,33,37). The predicted molar refractivity (Wildman–Crippen MR) is 134 cm³/mol. The second kappa shape index (κ2) is 11.9. The first-order valence-electron chi connectivity index (χ1n) is 11.9. The average molecular weight is 578 g/mol. The van der Waals surface area contributed by atoms with E-state index in [2.05, 4.69) is 30.0 Å². The molecule has 2 N–H and O–H groups in total. The van der Waals surface area contributed by atoms with Gasteiger partial charge in [-0.2, -0.15) is 30.7 Å². The Bertz CT molecular complexity index is 1210. The Kier molecular flexibility index (Phi) is 8.73. The molecule has 2 aromatic rings. The van der Waals surface area contributed by atoms with E-state index in [1.165, 1.54) is 11.1 Å². The van der Waals surface area contributed by atoms with Crippen LogP contribution in [0.3, 0.4) is 0 Å². The van der Waals surface area contributed by atoms with Gasteiger partial charge < -0.3 is 15.4 Å². The van der Waals surface area contributed by atoms with Crippen molar-refractivity contribution in [1.82, 2.24) is 14.3 Å². The molecule has 9 nitrogen and oxygen atoms in total. The van der Waals surface area contributed by atoms with Crippen LogP contribution in [0.2, 0.25) is 0 Å². The van der Waals surface area contributed by atoms with Gasteiger partial charge in [-0.15, -0.1) is 0 Å². The molecule has 212 valence electrons. The van der Waals surface area contributed by atoms with Gasteiger partial charge >= 0.3 is 12.4 Å². The van der Waals surface area contributed by atoms with E-state index in [1.807, 2.05) is 0 Å². The first-order chi connectivity index (χ1) is 18.4. The minimum Gasteiger partial charge on any atom is -0.477 e. The summed E-state index contributed by atoms with van der Waals surface area (Å²) in [5.41, 5.74) is 0.982. The van der Waals surface area contributed by atoms with Crippen LogP contribution in [0.5, 0.6) is 5.88 Å². The van der Waals surface area contributed by atoms with Crippen LogP contribution in [0, 0.1) is 12.8 Å². The second-order valence-electron chi connectivity index (χ2n) is 9.14. The Balaban J connectivity index is 1.28. The highest BCUT2D eigenvalue weighted by Gasteiger charge is 2.40. The van der Waals surface area contributed by atoms with Crippen LogP contribution < -0.4 is 15.4 Å². The molecule has 0 saturated carbocycles. The lowest BCUT2D eigenvalue weighted by molar-refractivity contribution is -0.149. The van der Waals surface area contributed by atoms with Crippen LogP contribution in [0.15, 0.2) is 28.3 Å². The lowest BCUT2D eigenvalue weighted by atomic mass is 9.98. The van der Waals surface area contributed by atoms with Gasteiger partial charge in [0.05, 0.1) is 49.1 Å². The molecular weight excluding hydrogens is 552 g/mol. The summed E-state index contributed by atoms with van der Waals surface area (Å²) in [6.07, 6.45) is -5.12. The maximum Gasteiger partial charge on any atom is 0.412 e. The van der Waals surface area contributed by atoms with Gasteiger partial charge in [0.1, 0.15) is 10.8 Å². The first kappa shape index (κ1) is 28.7. The summed E-state index contributed by atoms with van der Waals surface area (Å²) in [5, 5.41) is 5.81. The molecule has 4 rings (SSSR count). The predicted octanol–water partition coefficient (Wildman–Crippen LogP) is 4.58. The van der Waals surface area contributed by atoms with Gasteiger partial charge in [0, 0.05) is 6.07 Å². The highest BCUT2D eigenvalue weighted by Crippen LogP contribution is 2.28. The zero-order valence-corrected chi connectivity index (χ0v) is 21.5. The second-order valence-corrected chi connectivity index (χ2v) is 9.92. The van der Waals surface area contributed by atoms with E-state index in [9.17, 15) is 31.1 Å². The largest absolute Gasteiger partial charge is 0.477 e. The van der Waals surface area contributed by atoms with Crippen molar-refractivity contribution in [3.63, 3.8) is 0 Å². The van der Waals surface area contributed by atoms with Crippen molar-refractivity contribution >= 4 is 40.2 Å². The molecule has 1 fully saturated rings. The molecule has 1 unspecified atom stereocenters. The van der Waals surface area contributed by atoms with Crippen molar-refractivity contribution in [2.45, 2.75) is 38.2 Å². The van der Waals surface area contributed by atoms with Crippen molar-refractivity contribution < 1.29 is 35.9 Å². The number of anilines is 2. The number of rotatable bonds is 7. The summed E-state index contributed by atoms with van der Waals surface area (Å²) < 4.78 is 85.8. The number of pyridine rings is 1. The summed E-state index contributed by atoms with van der Waals surface area (Å²) in [4.78, 5) is 25.8. The van der Waals surface area contributed by atoms with E-state index in [0.29, 0.717) is 54.8 Å². The molecule has 1 saturated heterocycles. The quantitative estimate of drug-likeness (QED) is 0.467. The average Bonchev–Trinajstić information content (AvgIpc) is 3.23. The SMILES string of the molecule is Cc1nsc(NC2=NCC(C(F)(F)F)N=C2)c1C(=O)Nc1ccc(OCC2CCN(CC(F)(F)F)CC2)nc1. The Labute approximate surface area is 223 Å². The van der Waals surface area contributed by atoms with E-state index < -0.39 is 37.4 Å². The van der Waals surface area contributed by atoms with Crippen LogP contribution in [-0.2, 0) is 0 Å². The number of hydrogen-bond acceptors (Lipinski definition) is 9. The number of carbonyl (C=O) groups excluding carboxylic acids is 1. The Morgan fingerprint density at radius 1 is 1.18 bits per heavy atom. The molecule has 0 aliphatic carbocycles. The highest BCUT2D eigenvalue weighted by atomic mass is 32.1. The van der Waals surface area contributed by atoms with Crippen molar-refractivity contribution in [1.29, 1.82) is 0 Å². The van der Waals surface area contributed by atoms with Crippen LogP contribution >= 0.6 is 11.5 Å².